The molecular weight excluding hydrogens is 499 g/mol. The Morgan fingerprint density at radius 1 is 1.03 bits per heavy atom. The second-order valence-electron chi connectivity index (χ2n) is 6.86. The predicted octanol–water partition coefficient (Wildman–Crippen LogP) is 4.51. The minimum absolute atomic E-state index is 0.103. The molecule has 0 saturated carbocycles. The molecule has 0 saturated heterocycles. The van der Waals surface area contributed by atoms with Gasteiger partial charge in [-0.05, 0) is 41.5 Å². The van der Waals surface area contributed by atoms with Gasteiger partial charge < -0.3 is 14.6 Å². The van der Waals surface area contributed by atoms with Gasteiger partial charge in [0.05, 0.1) is 37.1 Å². The third-order valence-corrected chi connectivity index (χ3v) is 6.41. The lowest BCUT2D eigenvalue weighted by Gasteiger charge is -2.16. The summed E-state index contributed by atoms with van der Waals surface area (Å²) in [5.41, 5.74) is -1.25. The van der Waals surface area contributed by atoms with E-state index in [4.69, 9.17) is 16.3 Å². The summed E-state index contributed by atoms with van der Waals surface area (Å²) in [5.74, 6) is -4.37. The van der Waals surface area contributed by atoms with Crippen LogP contribution in [0.5, 0.6) is 5.75 Å². The summed E-state index contributed by atoms with van der Waals surface area (Å²) in [4.78, 5) is 11.3. The second kappa shape index (κ2) is 9.92. The van der Waals surface area contributed by atoms with Gasteiger partial charge in [0.25, 0.3) is 10.0 Å². The minimum atomic E-state index is -4.65. The van der Waals surface area contributed by atoms with Gasteiger partial charge in [-0.1, -0.05) is 17.7 Å². The SMILES string of the molecule is COC(=O)c1cc(Cl)c(OC)c(S(=O)(=O)Nc2cc(-c3cc(F)ccc3CO)c(F)cc2F)c1. The third-order valence-electron chi connectivity index (χ3n) is 4.76. The highest BCUT2D eigenvalue weighted by molar-refractivity contribution is 7.92. The van der Waals surface area contributed by atoms with Crippen LogP contribution >= 0.6 is 11.6 Å². The smallest absolute Gasteiger partial charge is 0.337 e. The van der Waals surface area contributed by atoms with Gasteiger partial charge in [-0.2, -0.15) is 0 Å². The number of carbonyl (C=O) groups excluding carboxylic acids is 1. The maximum absolute atomic E-state index is 14.6. The normalized spacial score (nSPS) is 11.3. The van der Waals surface area contributed by atoms with Crippen LogP contribution in [0.4, 0.5) is 18.9 Å². The van der Waals surface area contributed by atoms with Crippen molar-refractivity contribution in [1.29, 1.82) is 0 Å². The number of esters is 1. The molecule has 2 N–H and O–H groups in total. The first-order valence-corrected chi connectivity index (χ1v) is 11.3. The molecule has 0 heterocycles. The van der Waals surface area contributed by atoms with E-state index in [1.165, 1.54) is 6.07 Å². The molecule has 0 aliphatic heterocycles. The van der Waals surface area contributed by atoms with Crippen molar-refractivity contribution in [2.24, 2.45) is 0 Å². The summed E-state index contributed by atoms with van der Waals surface area (Å²) in [6.45, 7) is -0.580. The van der Waals surface area contributed by atoms with E-state index in [1.807, 2.05) is 4.72 Å². The van der Waals surface area contributed by atoms with Gasteiger partial charge >= 0.3 is 5.97 Å². The van der Waals surface area contributed by atoms with Gasteiger partial charge in [0.2, 0.25) is 0 Å². The number of sulfonamides is 1. The highest BCUT2D eigenvalue weighted by Crippen LogP contribution is 2.36. The van der Waals surface area contributed by atoms with E-state index in [1.54, 1.807) is 0 Å². The first kappa shape index (κ1) is 25.3. The molecule has 0 radical (unpaired) electrons. The van der Waals surface area contributed by atoms with Crippen LogP contribution in [0.3, 0.4) is 0 Å². The second-order valence-corrected chi connectivity index (χ2v) is 8.92. The van der Waals surface area contributed by atoms with E-state index in [0.717, 1.165) is 44.6 Å². The Bertz CT molecular complexity index is 1380. The number of rotatable bonds is 7. The lowest BCUT2D eigenvalue weighted by molar-refractivity contribution is 0.0600. The molecule has 12 heteroatoms. The van der Waals surface area contributed by atoms with Crippen molar-refractivity contribution in [3.8, 4) is 16.9 Å². The van der Waals surface area contributed by atoms with Gasteiger partial charge in [0, 0.05) is 11.6 Å². The van der Waals surface area contributed by atoms with Crippen LogP contribution in [0, 0.1) is 17.5 Å². The highest BCUT2D eigenvalue weighted by atomic mass is 35.5. The quantitative estimate of drug-likeness (QED) is 0.449. The van der Waals surface area contributed by atoms with E-state index in [9.17, 15) is 31.5 Å². The lowest BCUT2D eigenvalue weighted by Crippen LogP contribution is -2.17. The first-order valence-electron chi connectivity index (χ1n) is 9.39. The summed E-state index contributed by atoms with van der Waals surface area (Å²) in [6.07, 6.45) is 0. The Morgan fingerprint density at radius 3 is 2.35 bits per heavy atom. The van der Waals surface area contributed by atoms with Crippen molar-refractivity contribution in [1.82, 2.24) is 0 Å². The number of halogens is 4. The third kappa shape index (κ3) is 4.96. The van der Waals surface area contributed by atoms with Crippen molar-refractivity contribution in [2.45, 2.75) is 11.5 Å². The number of aliphatic hydroxyl groups is 1. The molecule has 0 aliphatic rings. The molecule has 34 heavy (non-hydrogen) atoms. The van der Waals surface area contributed by atoms with Crippen molar-refractivity contribution >= 4 is 33.3 Å². The molecule has 3 aromatic carbocycles. The molecule has 3 aromatic rings. The highest BCUT2D eigenvalue weighted by Gasteiger charge is 2.27. The zero-order chi connectivity index (χ0) is 25.2. The summed E-state index contributed by atoms with van der Waals surface area (Å²) < 4.78 is 80.6. The average molecular weight is 516 g/mol. The number of hydrogen-bond donors (Lipinski definition) is 2. The van der Waals surface area contributed by atoms with E-state index in [-0.39, 0.29) is 33.0 Å². The number of carbonyl (C=O) groups is 1. The molecule has 0 fully saturated rings. The largest absolute Gasteiger partial charge is 0.494 e. The monoisotopic (exact) mass is 515 g/mol. The number of anilines is 1. The zero-order valence-corrected chi connectivity index (χ0v) is 19.2. The molecule has 0 aromatic heterocycles. The summed E-state index contributed by atoms with van der Waals surface area (Å²) in [5, 5.41) is 9.26. The maximum Gasteiger partial charge on any atom is 0.337 e. The average Bonchev–Trinajstić information content (AvgIpc) is 2.79. The Morgan fingerprint density at radius 2 is 1.74 bits per heavy atom. The van der Waals surface area contributed by atoms with Crippen LogP contribution in [0.15, 0.2) is 47.4 Å². The Kier molecular flexibility index (Phi) is 7.39. The first-order chi connectivity index (χ1) is 16.0. The number of hydrogen-bond acceptors (Lipinski definition) is 6. The van der Waals surface area contributed by atoms with E-state index < -0.39 is 50.6 Å². The predicted molar refractivity (Wildman–Crippen MR) is 118 cm³/mol. The molecule has 3 rings (SSSR count). The van der Waals surface area contributed by atoms with Gasteiger partial charge in [0.15, 0.2) is 5.75 Å². The number of methoxy groups -OCH3 is 2. The zero-order valence-electron chi connectivity index (χ0n) is 17.7. The Hall–Kier alpha value is -3.28. The van der Waals surface area contributed by atoms with E-state index >= 15 is 0 Å². The summed E-state index contributed by atoms with van der Waals surface area (Å²) >= 11 is 6.04. The fourth-order valence-electron chi connectivity index (χ4n) is 3.17. The minimum Gasteiger partial charge on any atom is -0.494 e. The number of ether oxygens (including phenoxy) is 2. The van der Waals surface area contributed by atoms with Crippen molar-refractivity contribution in [3.63, 3.8) is 0 Å². The fourth-order valence-corrected chi connectivity index (χ4v) is 4.80. The molecule has 7 nitrogen and oxygen atoms in total. The Balaban J connectivity index is 2.15. The molecule has 0 atom stereocenters. The maximum atomic E-state index is 14.6. The van der Waals surface area contributed by atoms with Crippen LogP contribution in [-0.4, -0.2) is 33.7 Å². The van der Waals surface area contributed by atoms with Gasteiger partial charge in [-0.3, -0.25) is 4.72 Å². The standard InChI is InChI=1S/C22H17ClF3NO6S/c1-32-21-16(23)5-12(22(29)33-2)6-20(21)34(30,31)27-19-8-15(17(25)9-18(19)26)14-7-13(24)4-3-11(14)10-28/h3-9,27-28H,10H2,1-2H3. The summed E-state index contributed by atoms with van der Waals surface area (Å²) in [7, 11) is -2.44. The van der Waals surface area contributed by atoms with E-state index in [0.29, 0.717) is 6.07 Å². The van der Waals surface area contributed by atoms with Crippen molar-refractivity contribution in [3.05, 3.63) is 76.1 Å². The molecule has 0 spiro atoms. The van der Waals surface area contributed by atoms with Crippen LogP contribution in [0.2, 0.25) is 5.02 Å². The summed E-state index contributed by atoms with van der Waals surface area (Å²) in [6, 6.07) is 6.44. The number of aliphatic hydroxyl groups excluding tert-OH is 1. The molecular formula is C22H17ClF3NO6S. The number of benzene rings is 3. The van der Waals surface area contributed by atoms with Gasteiger partial charge in [-0.15, -0.1) is 0 Å². The molecule has 0 amide bonds. The van der Waals surface area contributed by atoms with Crippen molar-refractivity contribution in [2.75, 3.05) is 18.9 Å². The molecule has 0 bridgehead atoms. The fraction of sp³-hybridized carbons (Fsp3) is 0.136. The molecule has 0 unspecified atom stereocenters. The van der Waals surface area contributed by atoms with Crippen LogP contribution in [0.25, 0.3) is 11.1 Å². The Labute approximate surface area is 197 Å². The van der Waals surface area contributed by atoms with Crippen LogP contribution in [-0.2, 0) is 21.4 Å². The number of nitrogens with one attached hydrogen (secondary N) is 1. The lowest BCUT2D eigenvalue weighted by atomic mass is 9.98. The van der Waals surface area contributed by atoms with Crippen LogP contribution < -0.4 is 9.46 Å². The van der Waals surface area contributed by atoms with Crippen molar-refractivity contribution < 1.29 is 41.0 Å². The topological polar surface area (TPSA) is 102 Å². The molecule has 180 valence electrons. The van der Waals surface area contributed by atoms with E-state index in [2.05, 4.69) is 4.74 Å². The van der Waals surface area contributed by atoms with Gasteiger partial charge in [-0.25, -0.2) is 26.4 Å². The van der Waals surface area contributed by atoms with Gasteiger partial charge in [0.1, 0.15) is 22.3 Å². The molecule has 0 aliphatic carbocycles. The van der Waals surface area contributed by atoms with Crippen LogP contribution in [0.1, 0.15) is 15.9 Å².